The van der Waals surface area contributed by atoms with E-state index in [1.54, 1.807) is 6.92 Å². The van der Waals surface area contributed by atoms with E-state index in [9.17, 15) is 4.79 Å². The fourth-order valence-corrected chi connectivity index (χ4v) is 2.68. The van der Waals surface area contributed by atoms with Crippen molar-refractivity contribution in [3.05, 3.63) is 71.4 Å². The minimum atomic E-state index is -0.392. The first-order valence-corrected chi connectivity index (χ1v) is 7.30. The van der Waals surface area contributed by atoms with Gasteiger partial charge in [0.25, 0.3) is 0 Å². The van der Waals surface area contributed by atoms with Gasteiger partial charge in [0, 0.05) is 16.5 Å². The predicted molar refractivity (Wildman–Crippen MR) is 86.7 cm³/mol. The number of para-hydroxylation sites is 1. The molecule has 0 amide bonds. The van der Waals surface area contributed by atoms with Gasteiger partial charge in [0.15, 0.2) is 0 Å². The number of aromatic nitrogens is 1. The van der Waals surface area contributed by atoms with Gasteiger partial charge < -0.3 is 15.5 Å². The van der Waals surface area contributed by atoms with Crippen LogP contribution in [0.2, 0.25) is 0 Å². The second-order valence-electron chi connectivity index (χ2n) is 5.07. The van der Waals surface area contributed by atoms with E-state index in [0.29, 0.717) is 12.3 Å². The lowest BCUT2D eigenvalue weighted by Gasteiger charge is -2.13. The number of hydrogen-bond donors (Lipinski definition) is 2. The lowest BCUT2D eigenvalue weighted by molar-refractivity contribution is 0.0519. The molecule has 4 heteroatoms. The SMILES string of the molecule is CCOC(=O)c1[nH]c2ccccc2c1[C@H](N)c1ccccc1. The number of nitrogens with two attached hydrogens (primary N) is 1. The van der Waals surface area contributed by atoms with E-state index >= 15 is 0 Å². The molecule has 0 bridgehead atoms. The minimum Gasteiger partial charge on any atom is -0.461 e. The monoisotopic (exact) mass is 294 g/mol. The van der Waals surface area contributed by atoms with Crippen LogP contribution in [0.1, 0.15) is 34.6 Å². The van der Waals surface area contributed by atoms with Crippen molar-refractivity contribution in [1.29, 1.82) is 0 Å². The third-order valence-electron chi connectivity index (χ3n) is 3.70. The van der Waals surface area contributed by atoms with Crippen LogP contribution in [-0.4, -0.2) is 17.6 Å². The Bertz CT molecular complexity index is 793. The Morgan fingerprint density at radius 1 is 1.14 bits per heavy atom. The number of hydrogen-bond acceptors (Lipinski definition) is 3. The molecule has 0 aliphatic rings. The summed E-state index contributed by atoms with van der Waals surface area (Å²) in [6.07, 6.45) is 0. The Hall–Kier alpha value is -2.59. The molecular formula is C18H18N2O2. The fraction of sp³-hybridized carbons (Fsp3) is 0.167. The van der Waals surface area contributed by atoms with Crippen LogP contribution in [-0.2, 0) is 4.74 Å². The topological polar surface area (TPSA) is 68.1 Å². The van der Waals surface area contributed by atoms with E-state index in [-0.39, 0.29) is 5.97 Å². The fourth-order valence-electron chi connectivity index (χ4n) is 2.68. The van der Waals surface area contributed by atoms with Crippen LogP contribution in [0.15, 0.2) is 54.6 Å². The summed E-state index contributed by atoms with van der Waals surface area (Å²) in [6.45, 7) is 2.12. The van der Waals surface area contributed by atoms with Crippen molar-refractivity contribution in [3.63, 3.8) is 0 Å². The van der Waals surface area contributed by atoms with Crippen LogP contribution >= 0.6 is 0 Å². The maximum atomic E-state index is 12.3. The van der Waals surface area contributed by atoms with Crippen LogP contribution in [0.4, 0.5) is 0 Å². The van der Waals surface area contributed by atoms with E-state index in [0.717, 1.165) is 22.0 Å². The van der Waals surface area contributed by atoms with Gasteiger partial charge in [-0.2, -0.15) is 0 Å². The lowest BCUT2D eigenvalue weighted by Crippen LogP contribution is -2.16. The van der Waals surface area contributed by atoms with E-state index in [2.05, 4.69) is 4.98 Å². The van der Waals surface area contributed by atoms with E-state index in [1.165, 1.54) is 0 Å². The maximum absolute atomic E-state index is 12.3. The standard InChI is InChI=1S/C18H18N2O2/c1-2-22-18(21)17-15(13-10-6-7-11-14(13)20-17)16(19)12-8-4-3-5-9-12/h3-11,16,20H,2,19H2,1H3/t16-/m1/s1. The van der Waals surface area contributed by atoms with Crippen molar-refractivity contribution in [2.24, 2.45) is 5.73 Å². The number of fused-ring (bicyclic) bond motifs is 1. The number of ether oxygens (including phenoxy) is 1. The number of esters is 1. The van der Waals surface area contributed by atoms with Gasteiger partial charge in [-0.1, -0.05) is 48.5 Å². The highest BCUT2D eigenvalue weighted by Gasteiger charge is 2.24. The van der Waals surface area contributed by atoms with Crippen molar-refractivity contribution in [2.45, 2.75) is 13.0 Å². The largest absolute Gasteiger partial charge is 0.461 e. The van der Waals surface area contributed by atoms with Crippen molar-refractivity contribution in [3.8, 4) is 0 Å². The first-order chi connectivity index (χ1) is 10.7. The minimum absolute atomic E-state index is 0.328. The Balaban J connectivity index is 2.17. The number of carbonyl (C=O) groups is 1. The highest BCUT2D eigenvalue weighted by Crippen LogP contribution is 2.31. The molecule has 112 valence electrons. The van der Waals surface area contributed by atoms with Gasteiger partial charge in [0.1, 0.15) is 5.69 Å². The first kappa shape index (κ1) is 14.4. The molecule has 0 spiro atoms. The maximum Gasteiger partial charge on any atom is 0.355 e. The number of benzene rings is 2. The second kappa shape index (κ2) is 6.03. The van der Waals surface area contributed by atoms with Gasteiger partial charge in [-0.25, -0.2) is 4.79 Å². The molecule has 1 aromatic heterocycles. The van der Waals surface area contributed by atoms with Crippen molar-refractivity contribution < 1.29 is 9.53 Å². The van der Waals surface area contributed by atoms with E-state index < -0.39 is 6.04 Å². The average molecular weight is 294 g/mol. The third kappa shape index (κ3) is 2.49. The van der Waals surface area contributed by atoms with Crippen LogP contribution in [0.3, 0.4) is 0 Å². The summed E-state index contributed by atoms with van der Waals surface area (Å²) in [5.41, 5.74) is 9.48. The number of H-pyrrole nitrogens is 1. The molecule has 0 saturated heterocycles. The third-order valence-corrected chi connectivity index (χ3v) is 3.70. The Morgan fingerprint density at radius 3 is 2.55 bits per heavy atom. The molecule has 0 fully saturated rings. The molecular weight excluding hydrogens is 276 g/mol. The summed E-state index contributed by atoms with van der Waals surface area (Å²) in [5.74, 6) is -0.375. The number of carbonyl (C=O) groups excluding carboxylic acids is 1. The molecule has 1 atom stereocenters. The molecule has 0 aliphatic carbocycles. The summed E-state index contributed by atoms with van der Waals surface area (Å²) in [7, 11) is 0. The zero-order valence-electron chi connectivity index (χ0n) is 12.4. The van der Waals surface area contributed by atoms with E-state index in [4.69, 9.17) is 10.5 Å². The van der Waals surface area contributed by atoms with Crippen molar-refractivity contribution >= 4 is 16.9 Å². The van der Waals surface area contributed by atoms with Crippen molar-refractivity contribution in [1.82, 2.24) is 4.98 Å². The number of aromatic amines is 1. The van der Waals surface area contributed by atoms with Crippen LogP contribution in [0.5, 0.6) is 0 Å². The lowest BCUT2D eigenvalue weighted by atomic mass is 9.96. The zero-order valence-corrected chi connectivity index (χ0v) is 12.4. The van der Waals surface area contributed by atoms with Gasteiger partial charge in [0.2, 0.25) is 0 Å². The van der Waals surface area contributed by atoms with Crippen LogP contribution in [0.25, 0.3) is 10.9 Å². The van der Waals surface area contributed by atoms with E-state index in [1.807, 2.05) is 54.6 Å². The summed E-state index contributed by atoms with van der Waals surface area (Å²) in [6, 6.07) is 17.1. The average Bonchev–Trinajstić information content (AvgIpc) is 2.95. The highest BCUT2D eigenvalue weighted by atomic mass is 16.5. The number of rotatable bonds is 4. The Labute approximate surface area is 128 Å². The van der Waals surface area contributed by atoms with Crippen molar-refractivity contribution in [2.75, 3.05) is 6.61 Å². The molecule has 4 nitrogen and oxygen atoms in total. The van der Waals surface area contributed by atoms with Gasteiger partial charge in [-0.3, -0.25) is 0 Å². The normalized spacial score (nSPS) is 12.3. The van der Waals surface area contributed by atoms with Gasteiger partial charge in [-0.15, -0.1) is 0 Å². The Kier molecular flexibility index (Phi) is 3.94. The smallest absolute Gasteiger partial charge is 0.355 e. The summed E-state index contributed by atoms with van der Waals surface area (Å²) in [4.78, 5) is 15.4. The van der Waals surface area contributed by atoms with Crippen LogP contribution in [0, 0.1) is 0 Å². The molecule has 1 heterocycles. The molecule has 3 aromatic rings. The highest BCUT2D eigenvalue weighted by molar-refractivity contribution is 5.99. The molecule has 2 aromatic carbocycles. The molecule has 0 radical (unpaired) electrons. The molecule has 0 unspecified atom stereocenters. The van der Waals surface area contributed by atoms with Crippen LogP contribution < -0.4 is 5.73 Å². The summed E-state index contributed by atoms with van der Waals surface area (Å²) < 4.78 is 5.16. The Morgan fingerprint density at radius 2 is 1.82 bits per heavy atom. The quantitative estimate of drug-likeness (QED) is 0.725. The van der Waals surface area contributed by atoms with Gasteiger partial charge >= 0.3 is 5.97 Å². The summed E-state index contributed by atoms with van der Waals surface area (Å²) in [5, 5.41) is 0.946. The molecule has 0 saturated carbocycles. The summed E-state index contributed by atoms with van der Waals surface area (Å²) >= 11 is 0. The predicted octanol–water partition coefficient (Wildman–Crippen LogP) is 3.39. The molecule has 22 heavy (non-hydrogen) atoms. The molecule has 0 aliphatic heterocycles. The van der Waals surface area contributed by atoms with Gasteiger partial charge in [-0.05, 0) is 18.6 Å². The molecule has 3 rings (SSSR count). The molecule has 3 N–H and O–H groups in total. The second-order valence-corrected chi connectivity index (χ2v) is 5.07. The van der Waals surface area contributed by atoms with Gasteiger partial charge in [0.05, 0.1) is 12.6 Å². The first-order valence-electron chi connectivity index (χ1n) is 7.30. The number of nitrogens with one attached hydrogen (secondary N) is 1. The zero-order chi connectivity index (χ0) is 15.5.